The summed E-state index contributed by atoms with van der Waals surface area (Å²) in [4.78, 5) is 2.68. The molecule has 19 heavy (non-hydrogen) atoms. The van der Waals surface area contributed by atoms with E-state index in [1.54, 1.807) is 0 Å². The molecule has 0 heterocycles. The summed E-state index contributed by atoms with van der Waals surface area (Å²) in [6.07, 6.45) is 6.18. The van der Waals surface area contributed by atoms with Crippen LogP contribution in [-0.4, -0.2) is 24.0 Å². The van der Waals surface area contributed by atoms with E-state index in [0.29, 0.717) is 0 Å². The molecule has 0 spiro atoms. The summed E-state index contributed by atoms with van der Waals surface area (Å²) < 4.78 is 0. The van der Waals surface area contributed by atoms with Crippen LogP contribution < -0.4 is 0 Å². The van der Waals surface area contributed by atoms with Crippen LogP contribution in [0.4, 0.5) is 0 Å². The van der Waals surface area contributed by atoms with Crippen LogP contribution in [0.2, 0.25) is 5.02 Å². The number of hydrogen-bond acceptors (Lipinski definition) is 1. The smallest absolute Gasteiger partial charge is 0.0408 e. The van der Waals surface area contributed by atoms with Crippen molar-refractivity contribution in [3.8, 4) is 0 Å². The molecule has 0 N–H and O–H groups in total. The number of benzene rings is 1. The van der Waals surface area contributed by atoms with E-state index < -0.39 is 0 Å². The molecule has 0 bridgehead atoms. The molecule has 2 rings (SSSR count). The van der Waals surface area contributed by atoms with Crippen LogP contribution in [0.25, 0.3) is 0 Å². The van der Waals surface area contributed by atoms with Crippen LogP contribution in [-0.2, 0) is 12.8 Å². The molecule has 0 saturated carbocycles. The normalized spacial score (nSPS) is 18.0. The quantitative estimate of drug-likeness (QED) is 0.759. The first kappa shape index (κ1) is 16.8. The summed E-state index contributed by atoms with van der Waals surface area (Å²) >= 11 is 6.06. The fourth-order valence-electron chi connectivity index (χ4n) is 3.07. The van der Waals surface area contributed by atoms with Gasteiger partial charge in [-0.2, -0.15) is 0 Å². The van der Waals surface area contributed by atoms with Gasteiger partial charge in [0.2, 0.25) is 0 Å². The largest absolute Gasteiger partial charge is 0.300 e. The average molecular weight is 302 g/mol. The van der Waals surface area contributed by atoms with Crippen LogP contribution in [0.3, 0.4) is 0 Å². The van der Waals surface area contributed by atoms with Crippen molar-refractivity contribution in [3.05, 3.63) is 34.3 Å². The van der Waals surface area contributed by atoms with Crippen molar-refractivity contribution in [2.24, 2.45) is 0 Å². The molecular weight excluding hydrogens is 277 g/mol. The molecular formula is C16H25Cl2N. The van der Waals surface area contributed by atoms with Gasteiger partial charge in [0.1, 0.15) is 0 Å². The standard InChI is InChI=1S/C16H24ClN.ClH/c1-3-9-18(10-4-2)16-8-6-13-11-15(17)7-5-14(13)12-16;/h5,7,11,16H,3-4,6,8-10,12H2,1-2H3;1H. The molecule has 1 unspecified atom stereocenters. The highest BCUT2D eigenvalue weighted by atomic mass is 35.5. The van der Waals surface area contributed by atoms with Gasteiger partial charge in [0.05, 0.1) is 0 Å². The van der Waals surface area contributed by atoms with Gasteiger partial charge in [-0.3, -0.25) is 0 Å². The molecule has 1 aliphatic carbocycles. The first-order chi connectivity index (χ1) is 8.74. The Balaban J connectivity index is 0.00000180. The van der Waals surface area contributed by atoms with Crippen LogP contribution in [0, 0.1) is 0 Å². The summed E-state index contributed by atoms with van der Waals surface area (Å²) in [5.41, 5.74) is 2.97. The molecule has 0 saturated heterocycles. The van der Waals surface area contributed by atoms with Crippen molar-refractivity contribution >= 4 is 24.0 Å². The summed E-state index contributed by atoms with van der Waals surface area (Å²) in [6.45, 7) is 7.03. The lowest BCUT2D eigenvalue weighted by Crippen LogP contribution is -2.40. The SMILES string of the molecule is CCCN(CCC)C1CCc2cc(Cl)ccc2C1.Cl. The molecule has 0 aliphatic heterocycles. The Morgan fingerprint density at radius 2 is 1.84 bits per heavy atom. The van der Waals surface area contributed by atoms with Crippen molar-refractivity contribution in [2.75, 3.05) is 13.1 Å². The minimum atomic E-state index is 0. The van der Waals surface area contributed by atoms with Crippen LogP contribution in [0.5, 0.6) is 0 Å². The number of hydrogen-bond donors (Lipinski definition) is 0. The van der Waals surface area contributed by atoms with E-state index in [0.717, 1.165) is 11.1 Å². The Hall–Kier alpha value is -0.240. The third-order valence-corrected chi connectivity index (χ3v) is 4.14. The van der Waals surface area contributed by atoms with Gasteiger partial charge >= 0.3 is 0 Å². The van der Waals surface area contributed by atoms with Crippen molar-refractivity contribution in [2.45, 2.75) is 52.0 Å². The van der Waals surface area contributed by atoms with E-state index in [9.17, 15) is 0 Å². The first-order valence-electron chi connectivity index (χ1n) is 7.26. The molecule has 1 atom stereocenters. The highest BCUT2D eigenvalue weighted by Crippen LogP contribution is 2.27. The van der Waals surface area contributed by atoms with E-state index >= 15 is 0 Å². The Labute approximate surface area is 128 Å². The second-order valence-corrected chi connectivity index (χ2v) is 5.78. The van der Waals surface area contributed by atoms with Gasteiger partial charge in [-0.15, -0.1) is 12.4 Å². The van der Waals surface area contributed by atoms with Gasteiger partial charge in [0.15, 0.2) is 0 Å². The summed E-state index contributed by atoms with van der Waals surface area (Å²) in [6, 6.07) is 7.14. The van der Waals surface area contributed by atoms with Gasteiger partial charge in [-0.25, -0.2) is 0 Å². The molecule has 0 radical (unpaired) electrons. The van der Waals surface area contributed by atoms with Crippen molar-refractivity contribution in [1.82, 2.24) is 4.90 Å². The molecule has 1 aromatic rings. The van der Waals surface area contributed by atoms with E-state index in [1.165, 1.54) is 56.3 Å². The number of fused-ring (bicyclic) bond motifs is 1. The molecule has 0 aromatic heterocycles. The lowest BCUT2D eigenvalue weighted by Gasteiger charge is -2.35. The second-order valence-electron chi connectivity index (χ2n) is 5.35. The van der Waals surface area contributed by atoms with Gasteiger partial charge in [0, 0.05) is 11.1 Å². The molecule has 108 valence electrons. The van der Waals surface area contributed by atoms with E-state index in [2.05, 4.69) is 30.9 Å². The maximum absolute atomic E-state index is 6.06. The van der Waals surface area contributed by atoms with Gasteiger partial charge in [-0.05, 0) is 68.5 Å². The van der Waals surface area contributed by atoms with Gasteiger partial charge < -0.3 is 4.90 Å². The third-order valence-electron chi connectivity index (χ3n) is 3.91. The van der Waals surface area contributed by atoms with E-state index in [1.807, 2.05) is 6.07 Å². The van der Waals surface area contributed by atoms with Crippen molar-refractivity contribution < 1.29 is 0 Å². The van der Waals surface area contributed by atoms with Gasteiger partial charge in [-0.1, -0.05) is 31.5 Å². The van der Waals surface area contributed by atoms with Crippen LogP contribution >= 0.6 is 24.0 Å². The van der Waals surface area contributed by atoms with Crippen LogP contribution in [0.1, 0.15) is 44.2 Å². The summed E-state index contributed by atoms with van der Waals surface area (Å²) in [7, 11) is 0. The topological polar surface area (TPSA) is 3.24 Å². The first-order valence-corrected chi connectivity index (χ1v) is 7.63. The predicted octanol–water partition coefficient (Wildman–Crippen LogP) is 4.74. The minimum Gasteiger partial charge on any atom is -0.300 e. The summed E-state index contributed by atoms with van der Waals surface area (Å²) in [5, 5.41) is 0.881. The van der Waals surface area contributed by atoms with E-state index in [4.69, 9.17) is 11.6 Å². The highest BCUT2D eigenvalue weighted by molar-refractivity contribution is 6.30. The zero-order valence-corrected chi connectivity index (χ0v) is 13.6. The lowest BCUT2D eigenvalue weighted by molar-refractivity contribution is 0.180. The number of aryl methyl sites for hydroxylation is 1. The Morgan fingerprint density at radius 3 is 2.47 bits per heavy atom. The van der Waals surface area contributed by atoms with Crippen molar-refractivity contribution in [3.63, 3.8) is 0 Å². The summed E-state index contributed by atoms with van der Waals surface area (Å²) in [5.74, 6) is 0. The number of rotatable bonds is 5. The fourth-order valence-corrected chi connectivity index (χ4v) is 3.26. The second kappa shape index (κ2) is 8.14. The van der Waals surface area contributed by atoms with Crippen LogP contribution in [0.15, 0.2) is 18.2 Å². The Kier molecular flexibility index (Phi) is 7.20. The molecule has 0 amide bonds. The monoisotopic (exact) mass is 301 g/mol. The predicted molar refractivity (Wildman–Crippen MR) is 86.7 cm³/mol. The Bertz CT molecular complexity index is 386. The molecule has 1 nitrogen and oxygen atoms in total. The highest BCUT2D eigenvalue weighted by Gasteiger charge is 2.23. The fraction of sp³-hybridized carbons (Fsp3) is 0.625. The third kappa shape index (κ3) is 4.37. The van der Waals surface area contributed by atoms with E-state index in [-0.39, 0.29) is 12.4 Å². The average Bonchev–Trinajstić information content (AvgIpc) is 2.38. The maximum atomic E-state index is 6.06. The maximum Gasteiger partial charge on any atom is 0.0408 e. The molecule has 1 aliphatic rings. The zero-order valence-electron chi connectivity index (χ0n) is 12.0. The zero-order chi connectivity index (χ0) is 13.0. The number of halogens is 2. The van der Waals surface area contributed by atoms with Gasteiger partial charge in [0.25, 0.3) is 0 Å². The minimum absolute atomic E-state index is 0. The molecule has 1 aromatic carbocycles. The molecule has 3 heteroatoms. The molecule has 0 fully saturated rings. The number of nitrogens with zero attached hydrogens (tertiary/aromatic N) is 1. The van der Waals surface area contributed by atoms with Crippen molar-refractivity contribution in [1.29, 1.82) is 0 Å². The Morgan fingerprint density at radius 1 is 1.16 bits per heavy atom. The lowest BCUT2D eigenvalue weighted by atomic mass is 9.87.